The van der Waals surface area contributed by atoms with Crippen LogP contribution < -0.4 is 5.73 Å². The lowest BCUT2D eigenvalue weighted by Gasteiger charge is -2.32. The number of alkyl halides is 3. The van der Waals surface area contributed by atoms with Crippen molar-refractivity contribution in [2.75, 3.05) is 19.7 Å². The number of hydrogen-bond acceptors (Lipinski definition) is 3. The van der Waals surface area contributed by atoms with Gasteiger partial charge in [-0.3, -0.25) is 4.79 Å². The lowest BCUT2D eigenvalue weighted by atomic mass is 10.1. The summed E-state index contributed by atoms with van der Waals surface area (Å²) in [5, 5.41) is 0. The lowest BCUT2D eigenvalue weighted by molar-refractivity contribution is -0.137. The Morgan fingerprint density at radius 3 is 2.76 bits per heavy atom. The number of carbonyl (C=O) groups is 1. The second-order valence-electron chi connectivity index (χ2n) is 4.59. The number of hydrogen-bond donors (Lipinski definition) is 1. The van der Waals surface area contributed by atoms with E-state index in [1.165, 1.54) is 17.0 Å². The molecule has 4 nitrogen and oxygen atoms in total. The number of benzene rings is 1. The minimum atomic E-state index is -4.48. The largest absolute Gasteiger partial charge is 0.416 e. The van der Waals surface area contributed by atoms with Gasteiger partial charge in [-0.15, -0.1) is 0 Å². The van der Waals surface area contributed by atoms with Crippen LogP contribution in [0.5, 0.6) is 0 Å². The van der Waals surface area contributed by atoms with Crippen LogP contribution >= 0.6 is 12.2 Å². The van der Waals surface area contributed by atoms with Gasteiger partial charge in [0.05, 0.1) is 18.7 Å². The number of nitrogens with zero attached hydrogens (tertiary/aromatic N) is 1. The average Bonchev–Trinajstić information content (AvgIpc) is 2.46. The van der Waals surface area contributed by atoms with Gasteiger partial charge in [-0.2, -0.15) is 13.2 Å². The zero-order valence-corrected chi connectivity index (χ0v) is 11.7. The molecule has 21 heavy (non-hydrogen) atoms. The maximum atomic E-state index is 12.7. The van der Waals surface area contributed by atoms with Gasteiger partial charge in [0.15, 0.2) is 0 Å². The van der Waals surface area contributed by atoms with Crippen LogP contribution in [0.1, 0.15) is 15.9 Å². The molecule has 8 heteroatoms. The summed E-state index contributed by atoms with van der Waals surface area (Å²) >= 11 is 4.81. The number of rotatable bonds is 2. The molecule has 1 fully saturated rings. The molecule has 1 aromatic carbocycles. The van der Waals surface area contributed by atoms with Crippen LogP contribution in [0, 0.1) is 0 Å². The predicted octanol–water partition coefficient (Wildman–Crippen LogP) is 1.83. The minimum Gasteiger partial charge on any atom is -0.391 e. The fraction of sp³-hybridized carbons (Fsp3) is 0.385. The van der Waals surface area contributed by atoms with Crippen LogP contribution in [0.4, 0.5) is 13.2 Å². The highest BCUT2D eigenvalue weighted by atomic mass is 32.1. The summed E-state index contributed by atoms with van der Waals surface area (Å²) in [6, 6.07) is 4.33. The summed E-state index contributed by atoms with van der Waals surface area (Å²) in [5.74, 6) is -0.495. The third kappa shape index (κ3) is 3.70. The van der Waals surface area contributed by atoms with Gasteiger partial charge in [-0.25, -0.2) is 0 Å². The zero-order chi connectivity index (χ0) is 15.6. The maximum absolute atomic E-state index is 12.7. The molecule has 0 saturated carbocycles. The third-order valence-corrected chi connectivity index (χ3v) is 3.37. The lowest BCUT2D eigenvalue weighted by Crippen LogP contribution is -2.49. The predicted molar refractivity (Wildman–Crippen MR) is 73.9 cm³/mol. The second-order valence-corrected chi connectivity index (χ2v) is 5.06. The molecule has 1 aromatic rings. The first-order valence-corrected chi connectivity index (χ1v) is 6.57. The monoisotopic (exact) mass is 318 g/mol. The molecule has 1 unspecified atom stereocenters. The first-order chi connectivity index (χ1) is 9.79. The highest BCUT2D eigenvalue weighted by Crippen LogP contribution is 2.29. The van der Waals surface area contributed by atoms with Crippen molar-refractivity contribution in [1.29, 1.82) is 0 Å². The van der Waals surface area contributed by atoms with Crippen molar-refractivity contribution < 1.29 is 22.7 Å². The average molecular weight is 318 g/mol. The molecule has 1 saturated heterocycles. The molecule has 1 aliphatic rings. The van der Waals surface area contributed by atoms with E-state index in [2.05, 4.69) is 0 Å². The topological polar surface area (TPSA) is 55.6 Å². The summed E-state index contributed by atoms with van der Waals surface area (Å²) in [6.07, 6.45) is -5.05. The Bertz CT molecular complexity index is 563. The number of carbonyl (C=O) groups excluding carboxylic acids is 1. The number of halogens is 3. The molecular formula is C13H13F3N2O2S. The number of ether oxygens (including phenoxy) is 1. The van der Waals surface area contributed by atoms with E-state index in [1.807, 2.05) is 0 Å². The van der Waals surface area contributed by atoms with Gasteiger partial charge in [0.1, 0.15) is 11.1 Å². The normalized spacial score (nSPS) is 19.4. The molecule has 1 aliphatic heterocycles. The van der Waals surface area contributed by atoms with E-state index in [4.69, 9.17) is 22.7 Å². The fourth-order valence-corrected chi connectivity index (χ4v) is 2.16. The molecule has 0 bridgehead atoms. The minimum absolute atomic E-state index is 0.0200. The molecule has 1 heterocycles. The number of amides is 1. The summed E-state index contributed by atoms with van der Waals surface area (Å²) < 4.78 is 43.3. The SMILES string of the molecule is NC(=S)C1CN(C(=O)c2cccc(C(F)(F)F)c2)CCO1. The maximum Gasteiger partial charge on any atom is 0.416 e. The Labute approximate surface area is 124 Å². The molecule has 114 valence electrons. The van der Waals surface area contributed by atoms with Gasteiger partial charge < -0.3 is 15.4 Å². The quantitative estimate of drug-likeness (QED) is 0.845. The summed E-state index contributed by atoms with van der Waals surface area (Å²) in [5.41, 5.74) is 4.59. The van der Waals surface area contributed by atoms with Crippen LogP contribution in [0.25, 0.3) is 0 Å². The van der Waals surface area contributed by atoms with Crippen molar-refractivity contribution in [2.24, 2.45) is 5.73 Å². The van der Waals surface area contributed by atoms with Gasteiger partial charge in [0.25, 0.3) is 5.91 Å². The van der Waals surface area contributed by atoms with Crippen molar-refractivity contribution >= 4 is 23.1 Å². The standard InChI is InChI=1S/C13H13F3N2O2S/c14-13(15,16)9-3-1-2-8(6-9)12(19)18-4-5-20-10(7-18)11(17)21/h1-3,6,10H,4-5,7H2,(H2,17,21). The Morgan fingerprint density at radius 1 is 1.43 bits per heavy atom. The molecule has 0 aromatic heterocycles. The van der Waals surface area contributed by atoms with E-state index in [0.29, 0.717) is 0 Å². The van der Waals surface area contributed by atoms with E-state index in [1.54, 1.807) is 0 Å². The van der Waals surface area contributed by atoms with E-state index in [9.17, 15) is 18.0 Å². The third-order valence-electron chi connectivity index (χ3n) is 3.11. The molecule has 2 rings (SSSR count). The van der Waals surface area contributed by atoms with Crippen LogP contribution in [0.15, 0.2) is 24.3 Å². The van der Waals surface area contributed by atoms with Gasteiger partial charge in [-0.1, -0.05) is 18.3 Å². The van der Waals surface area contributed by atoms with Gasteiger partial charge in [0.2, 0.25) is 0 Å². The molecule has 1 atom stereocenters. The summed E-state index contributed by atoms with van der Waals surface area (Å²) in [6.45, 7) is 0.672. The van der Waals surface area contributed by atoms with E-state index in [0.717, 1.165) is 12.1 Å². The number of thiocarbonyl (C=S) groups is 1. The van der Waals surface area contributed by atoms with Crippen molar-refractivity contribution in [2.45, 2.75) is 12.3 Å². The summed E-state index contributed by atoms with van der Waals surface area (Å²) in [4.78, 5) is 13.8. The number of morpholine rings is 1. The molecule has 0 radical (unpaired) electrons. The molecule has 1 amide bonds. The fourth-order valence-electron chi connectivity index (χ4n) is 2.02. The van der Waals surface area contributed by atoms with E-state index in [-0.39, 0.29) is 30.2 Å². The Balaban J connectivity index is 2.18. The van der Waals surface area contributed by atoms with Crippen LogP contribution in [0.3, 0.4) is 0 Å². The van der Waals surface area contributed by atoms with Crippen LogP contribution in [-0.2, 0) is 10.9 Å². The first kappa shape index (κ1) is 15.7. The number of nitrogens with two attached hydrogens (primary N) is 1. The molecule has 2 N–H and O–H groups in total. The zero-order valence-electron chi connectivity index (χ0n) is 10.9. The smallest absolute Gasteiger partial charge is 0.391 e. The highest BCUT2D eigenvalue weighted by molar-refractivity contribution is 7.80. The molecule has 0 spiro atoms. The van der Waals surface area contributed by atoms with E-state index < -0.39 is 23.8 Å². The van der Waals surface area contributed by atoms with Crippen LogP contribution in [0.2, 0.25) is 0 Å². The van der Waals surface area contributed by atoms with Crippen molar-refractivity contribution in [1.82, 2.24) is 4.90 Å². The second kappa shape index (κ2) is 5.98. The van der Waals surface area contributed by atoms with Crippen molar-refractivity contribution in [3.05, 3.63) is 35.4 Å². The summed E-state index contributed by atoms with van der Waals surface area (Å²) in [7, 11) is 0. The Kier molecular flexibility index (Phi) is 4.48. The van der Waals surface area contributed by atoms with Crippen molar-refractivity contribution in [3.8, 4) is 0 Å². The van der Waals surface area contributed by atoms with Gasteiger partial charge >= 0.3 is 6.18 Å². The van der Waals surface area contributed by atoms with Gasteiger partial charge in [0, 0.05) is 12.1 Å². The Morgan fingerprint density at radius 2 is 2.14 bits per heavy atom. The van der Waals surface area contributed by atoms with Crippen LogP contribution in [-0.4, -0.2) is 41.6 Å². The Hall–Kier alpha value is -1.67. The highest BCUT2D eigenvalue weighted by Gasteiger charge is 2.32. The van der Waals surface area contributed by atoms with Crippen molar-refractivity contribution in [3.63, 3.8) is 0 Å². The molecule has 0 aliphatic carbocycles. The molecular weight excluding hydrogens is 305 g/mol. The first-order valence-electron chi connectivity index (χ1n) is 6.16. The van der Waals surface area contributed by atoms with Gasteiger partial charge in [-0.05, 0) is 18.2 Å². The van der Waals surface area contributed by atoms with E-state index >= 15 is 0 Å².